The Bertz CT molecular complexity index is 860. The van der Waals surface area contributed by atoms with E-state index >= 15 is 0 Å². The summed E-state index contributed by atoms with van der Waals surface area (Å²) >= 11 is 0. The number of nitrogens with one attached hydrogen (secondary N) is 1. The molecule has 1 saturated heterocycles. The lowest BCUT2D eigenvalue weighted by Crippen LogP contribution is -2.37. The Morgan fingerprint density at radius 3 is 2.89 bits per heavy atom. The molecule has 1 aliphatic rings. The molecule has 3 heterocycles. The first-order chi connectivity index (χ1) is 13.3. The Hall–Kier alpha value is -2.73. The van der Waals surface area contributed by atoms with Crippen LogP contribution < -0.4 is 5.32 Å². The van der Waals surface area contributed by atoms with Gasteiger partial charge in [0.1, 0.15) is 0 Å². The van der Waals surface area contributed by atoms with Gasteiger partial charge in [0, 0.05) is 44.6 Å². The van der Waals surface area contributed by atoms with Gasteiger partial charge in [0.15, 0.2) is 0 Å². The van der Waals surface area contributed by atoms with Gasteiger partial charge in [-0.05, 0) is 36.9 Å². The van der Waals surface area contributed by atoms with Crippen molar-refractivity contribution >= 4 is 5.95 Å². The highest BCUT2D eigenvalue weighted by Gasteiger charge is 2.20. The van der Waals surface area contributed by atoms with Crippen LogP contribution in [0.15, 0.2) is 55.0 Å². The van der Waals surface area contributed by atoms with Crippen LogP contribution in [0.25, 0.3) is 11.3 Å². The Morgan fingerprint density at radius 1 is 1.19 bits per heavy atom. The molecule has 1 unspecified atom stereocenters. The average molecular weight is 362 g/mol. The third-order valence-corrected chi connectivity index (χ3v) is 5.14. The molecule has 2 aromatic heterocycles. The van der Waals surface area contributed by atoms with Crippen molar-refractivity contribution in [2.45, 2.75) is 18.8 Å². The zero-order valence-corrected chi connectivity index (χ0v) is 15.8. The van der Waals surface area contributed by atoms with Gasteiger partial charge in [-0.1, -0.05) is 30.3 Å². The van der Waals surface area contributed by atoms with Crippen LogP contribution >= 0.6 is 0 Å². The highest BCUT2D eigenvalue weighted by Crippen LogP contribution is 2.26. The highest BCUT2D eigenvalue weighted by atomic mass is 15.2. The van der Waals surface area contributed by atoms with Gasteiger partial charge in [0.25, 0.3) is 0 Å². The largest absolute Gasteiger partial charge is 0.353 e. The number of benzene rings is 1. The predicted octanol–water partition coefficient (Wildman–Crippen LogP) is 3.17. The fourth-order valence-electron chi connectivity index (χ4n) is 3.74. The second kappa shape index (κ2) is 8.31. The van der Waals surface area contributed by atoms with E-state index in [1.165, 1.54) is 24.9 Å². The SMILES string of the molecule is Cn1cc(-c2ccnc(NCCN3CCCC(c4ccccc4)C3)n2)cn1. The van der Waals surface area contributed by atoms with Gasteiger partial charge in [0.05, 0.1) is 11.9 Å². The second-order valence-corrected chi connectivity index (χ2v) is 7.15. The van der Waals surface area contributed by atoms with Crippen molar-refractivity contribution in [3.63, 3.8) is 0 Å². The first-order valence-electron chi connectivity index (χ1n) is 9.61. The molecule has 6 heteroatoms. The maximum atomic E-state index is 4.61. The van der Waals surface area contributed by atoms with Crippen LogP contribution in [-0.4, -0.2) is 50.8 Å². The van der Waals surface area contributed by atoms with Crippen LogP contribution in [-0.2, 0) is 7.05 Å². The molecule has 0 amide bonds. The summed E-state index contributed by atoms with van der Waals surface area (Å²) in [6.45, 7) is 4.14. The van der Waals surface area contributed by atoms with Crippen molar-refractivity contribution in [2.75, 3.05) is 31.5 Å². The van der Waals surface area contributed by atoms with Gasteiger partial charge in [-0.25, -0.2) is 9.97 Å². The molecular formula is C21H26N6. The Kier molecular flexibility index (Phi) is 5.44. The Balaban J connectivity index is 1.31. The number of rotatable bonds is 6. The first kappa shape index (κ1) is 17.7. The summed E-state index contributed by atoms with van der Waals surface area (Å²) in [6, 6.07) is 12.8. The summed E-state index contributed by atoms with van der Waals surface area (Å²) in [6.07, 6.45) is 8.12. The molecule has 0 bridgehead atoms. The lowest BCUT2D eigenvalue weighted by molar-refractivity contribution is 0.215. The number of anilines is 1. The molecule has 6 nitrogen and oxygen atoms in total. The molecule has 1 fully saturated rings. The van der Waals surface area contributed by atoms with E-state index in [0.29, 0.717) is 11.9 Å². The number of aromatic nitrogens is 4. The second-order valence-electron chi connectivity index (χ2n) is 7.15. The number of hydrogen-bond donors (Lipinski definition) is 1. The van der Waals surface area contributed by atoms with Crippen molar-refractivity contribution < 1.29 is 0 Å². The summed E-state index contributed by atoms with van der Waals surface area (Å²) in [7, 11) is 1.91. The van der Waals surface area contributed by atoms with Gasteiger partial charge in [0.2, 0.25) is 5.95 Å². The Labute approximate surface area is 160 Å². The predicted molar refractivity (Wildman–Crippen MR) is 108 cm³/mol. The minimum absolute atomic E-state index is 0.644. The van der Waals surface area contributed by atoms with Crippen molar-refractivity contribution in [3.05, 3.63) is 60.6 Å². The van der Waals surface area contributed by atoms with E-state index < -0.39 is 0 Å². The fourth-order valence-corrected chi connectivity index (χ4v) is 3.74. The van der Waals surface area contributed by atoms with Crippen molar-refractivity contribution in [1.29, 1.82) is 0 Å². The standard InChI is InChI=1S/C21H26N6/c1-26-15-19(14-24-26)20-9-10-22-21(25-20)23-11-13-27-12-5-8-18(16-27)17-6-3-2-4-7-17/h2-4,6-7,9-10,14-15,18H,5,8,11-13,16H2,1H3,(H,22,23,25). The van der Waals surface area contributed by atoms with Crippen molar-refractivity contribution in [1.82, 2.24) is 24.6 Å². The summed E-state index contributed by atoms with van der Waals surface area (Å²) in [4.78, 5) is 11.5. The number of hydrogen-bond acceptors (Lipinski definition) is 5. The topological polar surface area (TPSA) is 58.9 Å². The highest BCUT2D eigenvalue weighted by molar-refractivity contribution is 5.57. The van der Waals surface area contributed by atoms with Crippen LogP contribution in [0.4, 0.5) is 5.95 Å². The van der Waals surface area contributed by atoms with Crippen LogP contribution in [0.1, 0.15) is 24.3 Å². The van der Waals surface area contributed by atoms with Gasteiger partial charge < -0.3 is 10.2 Å². The number of likely N-dealkylation sites (tertiary alicyclic amines) is 1. The zero-order chi connectivity index (χ0) is 18.5. The van der Waals surface area contributed by atoms with Crippen LogP contribution in [0, 0.1) is 0 Å². The van der Waals surface area contributed by atoms with Crippen LogP contribution in [0.2, 0.25) is 0 Å². The zero-order valence-electron chi connectivity index (χ0n) is 15.8. The Morgan fingerprint density at radius 2 is 2.07 bits per heavy atom. The quantitative estimate of drug-likeness (QED) is 0.730. The van der Waals surface area contributed by atoms with Gasteiger partial charge in [-0.2, -0.15) is 5.10 Å². The molecule has 1 atom stereocenters. The van der Waals surface area contributed by atoms with Gasteiger partial charge in [-0.3, -0.25) is 4.68 Å². The van der Waals surface area contributed by atoms with E-state index in [9.17, 15) is 0 Å². The van der Waals surface area contributed by atoms with E-state index in [-0.39, 0.29) is 0 Å². The van der Waals surface area contributed by atoms with E-state index in [1.807, 2.05) is 25.5 Å². The lowest BCUT2D eigenvalue weighted by atomic mass is 9.91. The van der Waals surface area contributed by atoms with Crippen molar-refractivity contribution in [2.24, 2.45) is 7.05 Å². The smallest absolute Gasteiger partial charge is 0.223 e. The molecule has 3 aromatic rings. The molecule has 27 heavy (non-hydrogen) atoms. The molecule has 0 spiro atoms. The minimum atomic E-state index is 0.644. The minimum Gasteiger partial charge on any atom is -0.353 e. The number of aryl methyl sites for hydroxylation is 1. The monoisotopic (exact) mass is 362 g/mol. The third kappa shape index (κ3) is 4.52. The van der Waals surface area contributed by atoms with Crippen molar-refractivity contribution in [3.8, 4) is 11.3 Å². The molecule has 0 saturated carbocycles. The van der Waals surface area contributed by atoms with Crippen LogP contribution in [0.5, 0.6) is 0 Å². The van der Waals surface area contributed by atoms with E-state index in [4.69, 9.17) is 0 Å². The maximum absolute atomic E-state index is 4.61. The molecular weight excluding hydrogens is 336 g/mol. The average Bonchev–Trinajstić information content (AvgIpc) is 3.16. The van der Waals surface area contributed by atoms with E-state index in [1.54, 1.807) is 10.9 Å². The first-order valence-corrected chi connectivity index (χ1v) is 9.61. The van der Waals surface area contributed by atoms with Gasteiger partial charge >= 0.3 is 0 Å². The molecule has 0 aliphatic carbocycles. The number of piperidine rings is 1. The normalized spacial score (nSPS) is 17.7. The lowest BCUT2D eigenvalue weighted by Gasteiger charge is -2.33. The van der Waals surface area contributed by atoms with Gasteiger partial charge in [-0.15, -0.1) is 0 Å². The molecule has 1 aromatic carbocycles. The van der Waals surface area contributed by atoms with E-state index in [2.05, 4.69) is 55.6 Å². The molecule has 1 N–H and O–H groups in total. The summed E-state index contributed by atoms with van der Waals surface area (Å²) in [5, 5.41) is 7.58. The third-order valence-electron chi connectivity index (χ3n) is 5.14. The fraction of sp³-hybridized carbons (Fsp3) is 0.381. The van der Waals surface area contributed by atoms with E-state index in [0.717, 1.165) is 30.9 Å². The summed E-state index contributed by atoms with van der Waals surface area (Å²) < 4.78 is 1.78. The molecule has 1 aliphatic heterocycles. The summed E-state index contributed by atoms with van der Waals surface area (Å²) in [5.74, 6) is 1.32. The summed E-state index contributed by atoms with van der Waals surface area (Å²) in [5.41, 5.74) is 3.36. The maximum Gasteiger partial charge on any atom is 0.223 e. The number of nitrogens with zero attached hydrogens (tertiary/aromatic N) is 5. The molecule has 0 radical (unpaired) electrons. The molecule has 4 rings (SSSR count). The van der Waals surface area contributed by atoms with Crippen LogP contribution in [0.3, 0.4) is 0 Å². The molecule has 140 valence electrons.